The van der Waals surface area contributed by atoms with Gasteiger partial charge in [-0.05, 0) is 56.1 Å². The second-order valence-electron chi connectivity index (χ2n) is 8.61. The summed E-state index contributed by atoms with van der Waals surface area (Å²) in [7, 11) is 4.05. The van der Waals surface area contributed by atoms with Crippen molar-refractivity contribution in [3.8, 4) is 34.0 Å². The number of imidazole rings is 1. The number of hydrogen-bond donors (Lipinski definition) is 2. The maximum atomic E-state index is 14.5. The fraction of sp³-hybridized carbons (Fsp3) is 0.115. The lowest BCUT2D eigenvalue weighted by atomic mass is 10.1. The van der Waals surface area contributed by atoms with Crippen LogP contribution in [0.1, 0.15) is 5.56 Å². The number of rotatable bonds is 5. The van der Waals surface area contributed by atoms with E-state index < -0.39 is 0 Å². The van der Waals surface area contributed by atoms with Gasteiger partial charge in [-0.25, -0.2) is 14.4 Å². The molecule has 172 valence electrons. The predicted octanol–water partition coefficient (Wildman–Crippen LogP) is 4.83. The molecule has 5 aromatic heterocycles. The smallest absolute Gasteiger partial charge is 0.161 e. The number of aromatic nitrogens is 7. The summed E-state index contributed by atoms with van der Waals surface area (Å²) in [6.45, 7) is 0.789. The lowest BCUT2D eigenvalue weighted by Gasteiger charge is -2.10. The molecule has 0 unspecified atom stereocenters. The summed E-state index contributed by atoms with van der Waals surface area (Å²) in [5.41, 5.74) is 7.04. The molecule has 6 rings (SSSR count). The van der Waals surface area contributed by atoms with E-state index in [9.17, 15) is 4.39 Å². The van der Waals surface area contributed by atoms with Crippen molar-refractivity contribution >= 4 is 22.1 Å². The van der Waals surface area contributed by atoms with Crippen LogP contribution < -0.4 is 0 Å². The first-order chi connectivity index (χ1) is 17.1. The lowest BCUT2D eigenvalue weighted by Crippen LogP contribution is -2.10. The minimum absolute atomic E-state index is 0.348. The first-order valence-corrected chi connectivity index (χ1v) is 11.1. The Morgan fingerprint density at radius 3 is 2.63 bits per heavy atom. The van der Waals surface area contributed by atoms with Crippen LogP contribution in [0.2, 0.25) is 0 Å². The van der Waals surface area contributed by atoms with Crippen molar-refractivity contribution in [3.63, 3.8) is 0 Å². The van der Waals surface area contributed by atoms with Crippen molar-refractivity contribution < 1.29 is 4.39 Å². The predicted molar refractivity (Wildman–Crippen MR) is 133 cm³/mol. The summed E-state index contributed by atoms with van der Waals surface area (Å²) >= 11 is 0. The molecule has 0 aliphatic heterocycles. The van der Waals surface area contributed by atoms with E-state index in [2.05, 4.69) is 36.1 Å². The van der Waals surface area contributed by atoms with Crippen molar-refractivity contribution in [2.75, 3.05) is 14.1 Å². The largest absolute Gasteiger partial charge is 0.336 e. The third-order valence-electron chi connectivity index (χ3n) is 5.75. The second-order valence-corrected chi connectivity index (χ2v) is 8.61. The maximum absolute atomic E-state index is 14.5. The normalized spacial score (nSPS) is 11.7. The van der Waals surface area contributed by atoms with Crippen LogP contribution in [0, 0.1) is 5.82 Å². The van der Waals surface area contributed by atoms with Crippen LogP contribution in [0.3, 0.4) is 0 Å². The standard InChI is InChI=1S/C26H21FN8/c1-35(2)14-15-11-16(13-28-12-15)19-7-8-21-24(30-19)25(34-33-21)26-31-20-9-10-29-22(23(20)32-26)17-5-3-4-6-18(17)27/h3-13H,14H2,1-2H3,(H,31,32)(H,33,34). The van der Waals surface area contributed by atoms with E-state index in [1.54, 1.807) is 30.6 Å². The van der Waals surface area contributed by atoms with Gasteiger partial charge >= 0.3 is 0 Å². The van der Waals surface area contributed by atoms with E-state index in [-0.39, 0.29) is 5.82 Å². The van der Waals surface area contributed by atoms with Gasteiger partial charge in [0.1, 0.15) is 22.5 Å². The fourth-order valence-corrected chi connectivity index (χ4v) is 4.20. The molecular formula is C26H21FN8. The highest BCUT2D eigenvalue weighted by Crippen LogP contribution is 2.31. The minimum atomic E-state index is -0.348. The summed E-state index contributed by atoms with van der Waals surface area (Å²) in [5.74, 6) is 0.180. The molecule has 0 aliphatic carbocycles. The first-order valence-electron chi connectivity index (χ1n) is 11.1. The average Bonchev–Trinajstić information content (AvgIpc) is 3.47. The number of nitrogens with zero attached hydrogens (tertiary/aromatic N) is 6. The van der Waals surface area contributed by atoms with Gasteiger partial charge in [-0.2, -0.15) is 5.10 Å². The highest BCUT2D eigenvalue weighted by molar-refractivity contribution is 5.95. The van der Waals surface area contributed by atoms with E-state index in [0.717, 1.165) is 34.4 Å². The maximum Gasteiger partial charge on any atom is 0.161 e. The lowest BCUT2D eigenvalue weighted by molar-refractivity contribution is 0.402. The second kappa shape index (κ2) is 8.37. The molecule has 0 fully saturated rings. The van der Waals surface area contributed by atoms with Crippen molar-refractivity contribution in [1.82, 2.24) is 40.0 Å². The Labute approximate surface area is 199 Å². The first kappa shape index (κ1) is 21.1. The number of benzene rings is 1. The van der Waals surface area contributed by atoms with Gasteiger partial charge in [-0.1, -0.05) is 12.1 Å². The SMILES string of the molecule is CN(C)Cc1cncc(-c2ccc3[nH]nc(-c4nc5c(-c6ccccc6F)nccc5[nH]4)c3n2)c1. The van der Waals surface area contributed by atoms with Crippen LogP contribution in [0.4, 0.5) is 4.39 Å². The quantitative estimate of drug-likeness (QED) is 0.379. The number of halogens is 1. The van der Waals surface area contributed by atoms with Gasteiger partial charge in [0, 0.05) is 36.3 Å². The van der Waals surface area contributed by atoms with Gasteiger partial charge in [0.15, 0.2) is 11.5 Å². The molecule has 9 heteroatoms. The number of nitrogens with one attached hydrogen (secondary N) is 2. The van der Waals surface area contributed by atoms with Crippen molar-refractivity contribution in [2.45, 2.75) is 6.54 Å². The molecule has 0 saturated carbocycles. The third-order valence-corrected chi connectivity index (χ3v) is 5.75. The van der Waals surface area contributed by atoms with Crippen molar-refractivity contribution in [3.05, 3.63) is 78.5 Å². The van der Waals surface area contributed by atoms with E-state index in [4.69, 9.17) is 9.97 Å². The molecule has 0 atom stereocenters. The zero-order valence-electron chi connectivity index (χ0n) is 19.1. The number of aromatic amines is 2. The number of H-pyrrole nitrogens is 2. The van der Waals surface area contributed by atoms with Crippen LogP contribution in [0.25, 0.3) is 56.1 Å². The zero-order chi connectivity index (χ0) is 23.9. The van der Waals surface area contributed by atoms with Crippen LogP contribution in [-0.4, -0.2) is 54.1 Å². The van der Waals surface area contributed by atoms with Gasteiger partial charge in [-0.15, -0.1) is 0 Å². The van der Waals surface area contributed by atoms with Gasteiger partial charge in [-0.3, -0.25) is 15.1 Å². The van der Waals surface area contributed by atoms with E-state index in [0.29, 0.717) is 33.8 Å². The highest BCUT2D eigenvalue weighted by atomic mass is 19.1. The Hall–Kier alpha value is -4.50. The molecule has 5 heterocycles. The summed E-state index contributed by atoms with van der Waals surface area (Å²) in [4.78, 5) is 23.8. The molecule has 1 aromatic carbocycles. The minimum Gasteiger partial charge on any atom is -0.336 e. The van der Waals surface area contributed by atoms with Crippen molar-refractivity contribution in [1.29, 1.82) is 0 Å². The Balaban J connectivity index is 1.46. The van der Waals surface area contributed by atoms with Gasteiger partial charge in [0.25, 0.3) is 0 Å². The fourth-order valence-electron chi connectivity index (χ4n) is 4.20. The summed E-state index contributed by atoms with van der Waals surface area (Å²) in [5, 5.41) is 7.51. The van der Waals surface area contributed by atoms with Crippen LogP contribution in [0.5, 0.6) is 0 Å². The van der Waals surface area contributed by atoms with E-state index in [1.807, 2.05) is 38.5 Å². The highest BCUT2D eigenvalue weighted by Gasteiger charge is 2.18. The Kier molecular flexibility index (Phi) is 5.04. The number of hydrogen-bond acceptors (Lipinski definition) is 6. The molecule has 8 nitrogen and oxygen atoms in total. The van der Waals surface area contributed by atoms with Gasteiger partial charge in [0.2, 0.25) is 0 Å². The average molecular weight is 465 g/mol. The number of fused-ring (bicyclic) bond motifs is 2. The summed E-state index contributed by atoms with van der Waals surface area (Å²) in [6.07, 6.45) is 5.31. The van der Waals surface area contributed by atoms with Crippen LogP contribution in [0.15, 0.2) is 67.1 Å². The molecule has 2 N–H and O–H groups in total. The van der Waals surface area contributed by atoms with Gasteiger partial charge < -0.3 is 9.88 Å². The monoisotopic (exact) mass is 464 g/mol. The molecule has 0 aliphatic rings. The molecule has 35 heavy (non-hydrogen) atoms. The van der Waals surface area contributed by atoms with Gasteiger partial charge in [0.05, 0.1) is 16.7 Å². The molecule has 0 spiro atoms. The van der Waals surface area contributed by atoms with Crippen molar-refractivity contribution in [2.24, 2.45) is 0 Å². The molecule has 0 bridgehead atoms. The molecule has 6 aromatic rings. The number of pyridine rings is 3. The van der Waals surface area contributed by atoms with Crippen LogP contribution >= 0.6 is 0 Å². The summed E-state index contributed by atoms with van der Waals surface area (Å²) < 4.78 is 14.5. The zero-order valence-corrected chi connectivity index (χ0v) is 19.1. The van der Waals surface area contributed by atoms with E-state index in [1.165, 1.54) is 6.07 Å². The third kappa shape index (κ3) is 3.81. The van der Waals surface area contributed by atoms with E-state index >= 15 is 0 Å². The topological polar surface area (TPSA) is 99.3 Å². The Morgan fingerprint density at radius 1 is 0.914 bits per heavy atom. The molecule has 0 saturated heterocycles. The Morgan fingerprint density at radius 2 is 1.77 bits per heavy atom. The molecular weight excluding hydrogens is 443 g/mol. The molecule has 0 radical (unpaired) electrons. The Bertz CT molecular complexity index is 1680. The summed E-state index contributed by atoms with van der Waals surface area (Å²) in [6, 6.07) is 14.3. The van der Waals surface area contributed by atoms with Crippen LogP contribution in [-0.2, 0) is 6.54 Å². The molecule has 0 amide bonds.